The number of carbonyl (C=O) groups excluding carboxylic acids is 1. The fraction of sp³-hybridized carbons (Fsp3) is 0.0323. The first-order valence-electron chi connectivity index (χ1n) is 11.6. The fourth-order valence-electron chi connectivity index (χ4n) is 4.08. The summed E-state index contributed by atoms with van der Waals surface area (Å²) in [6, 6.07) is 27.2. The first kappa shape index (κ1) is 23.5. The van der Waals surface area contributed by atoms with Crippen LogP contribution in [0.3, 0.4) is 0 Å². The minimum atomic E-state index is -1.00. The molecule has 37 heavy (non-hydrogen) atoms. The Morgan fingerprint density at radius 3 is 2.49 bits per heavy atom. The van der Waals surface area contributed by atoms with Gasteiger partial charge < -0.3 is 20.6 Å². The number of fused-ring (bicyclic) bond motifs is 1. The van der Waals surface area contributed by atoms with Crippen molar-refractivity contribution in [3.05, 3.63) is 125 Å². The van der Waals surface area contributed by atoms with E-state index in [-0.39, 0.29) is 5.56 Å². The molecule has 0 radical (unpaired) electrons. The predicted molar refractivity (Wildman–Crippen MR) is 142 cm³/mol. The molecule has 0 saturated heterocycles. The number of ether oxygens (including phenoxy) is 1. The fourth-order valence-corrected chi connectivity index (χ4v) is 4.08. The van der Waals surface area contributed by atoms with Crippen molar-refractivity contribution in [1.29, 1.82) is 0 Å². The Bertz CT molecular complexity index is 1690. The minimum absolute atomic E-state index is 0.200. The molecule has 0 bridgehead atoms. The lowest BCUT2D eigenvalue weighted by Crippen LogP contribution is -2.10. The Labute approximate surface area is 213 Å². The Morgan fingerprint density at radius 2 is 1.70 bits per heavy atom. The van der Waals surface area contributed by atoms with Crippen molar-refractivity contribution in [3.8, 4) is 28.7 Å². The average Bonchev–Trinajstić information content (AvgIpc) is 3.39. The van der Waals surface area contributed by atoms with E-state index in [2.05, 4.69) is 16.8 Å². The highest BCUT2D eigenvalue weighted by Crippen LogP contribution is 2.30. The van der Waals surface area contributed by atoms with Crippen LogP contribution in [0.1, 0.15) is 37.4 Å². The third-order valence-corrected chi connectivity index (χ3v) is 5.96. The third kappa shape index (κ3) is 5.21. The molecule has 1 aromatic heterocycles. The molecule has 0 fully saturated rings. The number of benzene rings is 4. The number of rotatable bonds is 6. The smallest absolute Gasteiger partial charge is 0.336 e. The summed E-state index contributed by atoms with van der Waals surface area (Å²) >= 11 is 0. The topological polar surface area (TPSA) is 105 Å². The Morgan fingerprint density at radius 1 is 0.892 bits per heavy atom. The van der Waals surface area contributed by atoms with E-state index in [4.69, 9.17) is 10.5 Å². The summed E-state index contributed by atoms with van der Waals surface area (Å²) in [5.74, 6) is 5.36. The van der Waals surface area contributed by atoms with E-state index in [0.29, 0.717) is 29.0 Å². The molecule has 6 nitrogen and oxygen atoms in total. The van der Waals surface area contributed by atoms with Crippen molar-refractivity contribution in [1.82, 2.24) is 4.98 Å². The van der Waals surface area contributed by atoms with Crippen LogP contribution in [0.4, 0.5) is 0 Å². The monoisotopic (exact) mass is 486 g/mol. The molecule has 4 N–H and O–H groups in total. The van der Waals surface area contributed by atoms with Crippen LogP contribution in [0.2, 0.25) is 0 Å². The number of primary amides is 1. The van der Waals surface area contributed by atoms with Gasteiger partial charge in [0.05, 0.1) is 5.56 Å². The van der Waals surface area contributed by atoms with Gasteiger partial charge in [0, 0.05) is 34.0 Å². The number of carboxylic acid groups (broad SMARTS) is 1. The van der Waals surface area contributed by atoms with E-state index in [1.54, 1.807) is 36.4 Å². The van der Waals surface area contributed by atoms with Gasteiger partial charge in [-0.1, -0.05) is 48.2 Å². The normalized spacial score (nSPS) is 10.5. The Hall–Kier alpha value is -5.28. The Balaban J connectivity index is 1.39. The molecule has 0 unspecified atom stereocenters. The van der Waals surface area contributed by atoms with Crippen molar-refractivity contribution >= 4 is 22.8 Å². The number of aromatic carboxylic acids is 1. The molecule has 1 amide bonds. The van der Waals surface area contributed by atoms with Crippen LogP contribution < -0.4 is 10.5 Å². The third-order valence-electron chi connectivity index (χ3n) is 5.96. The maximum Gasteiger partial charge on any atom is 0.336 e. The summed E-state index contributed by atoms with van der Waals surface area (Å²) in [5.41, 5.74) is 10.6. The number of carboxylic acids is 1. The second-order valence-corrected chi connectivity index (χ2v) is 8.44. The lowest BCUT2D eigenvalue weighted by Gasteiger charge is -2.10. The van der Waals surface area contributed by atoms with E-state index in [1.807, 2.05) is 60.8 Å². The number of aromatic amines is 1. The molecular weight excluding hydrogens is 464 g/mol. The van der Waals surface area contributed by atoms with Gasteiger partial charge in [0.15, 0.2) is 0 Å². The van der Waals surface area contributed by atoms with E-state index in [1.165, 1.54) is 0 Å². The van der Waals surface area contributed by atoms with Gasteiger partial charge >= 0.3 is 5.97 Å². The molecular formula is C31H22N2O4. The summed E-state index contributed by atoms with van der Waals surface area (Å²) in [4.78, 5) is 26.5. The van der Waals surface area contributed by atoms with Crippen LogP contribution in [0.25, 0.3) is 22.0 Å². The standard InChI is InChI=1S/C31H22N2O4/c32-30(34)25-4-1-5-26(17-25)37-19-21-9-7-20(8-10-21)11-12-23-3-2-6-27(31(35)36)29(23)24-14-13-22-15-16-33-28(22)18-24/h1-10,13-18,33H,19H2,(H2,32,34)(H,35,36). The van der Waals surface area contributed by atoms with E-state index in [9.17, 15) is 14.7 Å². The average molecular weight is 487 g/mol. The number of aromatic nitrogens is 1. The lowest BCUT2D eigenvalue weighted by molar-refractivity contribution is 0.0697. The molecule has 6 heteroatoms. The summed E-state index contributed by atoms with van der Waals surface area (Å²) in [6.45, 7) is 0.321. The zero-order chi connectivity index (χ0) is 25.8. The molecule has 1 heterocycles. The molecule has 4 aromatic carbocycles. The van der Waals surface area contributed by atoms with Gasteiger partial charge in [0.2, 0.25) is 5.91 Å². The minimum Gasteiger partial charge on any atom is -0.489 e. The highest BCUT2D eigenvalue weighted by Gasteiger charge is 2.15. The molecule has 5 rings (SSSR count). The summed E-state index contributed by atoms with van der Waals surface area (Å²) < 4.78 is 5.78. The van der Waals surface area contributed by atoms with Gasteiger partial charge in [-0.3, -0.25) is 4.79 Å². The van der Waals surface area contributed by atoms with Gasteiger partial charge in [-0.25, -0.2) is 4.79 Å². The molecule has 0 aliphatic carbocycles. The van der Waals surface area contributed by atoms with Crippen molar-refractivity contribution in [3.63, 3.8) is 0 Å². The van der Waals surface area contributed by atoms with Crippen molar-refractivity contribution in [2.45, 2.75) is 6.61 Å². The number of hydrogen-bond acceptors (Lipinski definition) is 3. The van der Waals surface area contributed by atoms with E-state index in [0.717, 1.165) is 27.6 Å². The molecule has 5 aromatic rings. The maximum absolute atomic E-state index is 12.0. The molecule has 0 aliphatic rings. The van der Waals surface area contributed by atoms with Crippen LogP contribution in [-0.4, -0.2) is 22.0 Å². The highest BCUT2D eigenvalue weighted by atomic mass is 16.5. The molecule has 0 spiro atoms. The number of nitrogens with one attached hydrogen (secondary N) is 1. The number of carbonyl (C=O) groups is 2. The van der Waals surface area contributed by atoms with Crippen molar-refractivity contribution in [2.75, 3.05) is 0 Å². The summed E-state index contributed by atoms with van der Waals surface area (Å²) in [7, 11) is 0. The quantitative estimate of drug-likeness (QED) is 0.271. The van der Waals surface area contributed by atoms with Crippen LogP contribution in [0.15, 0.2) is 97.2 Å². The summed E-state index contributed by atoms with van der Waals surface area (Å²) in [6.07, 6.45) is 1.85. The van der Waals surface area contributed by atoms with Crippen molar-refractivity contribution in [2.24, 2.45) is 5.73 Å². The second-order valence-electron chi connectivity index (χ2n) is 8.44. The molecule has 0 aliphatic heterocycles. The van der Waals surface area contributed by atoms with Crippen LogP contribution >= 0.6 is 0 Å². The molecule has 0 saturated carbocycles. The first-order chi connectivity index (χ1) is 18.0. The number of nitrogens with two attached hydrogens (primary N) is 1. The van der Waals surface area contributed by atoms with Gasteiger partial charge in [-0.15, -0.1) is 0 Å². The second kappa shape index (κ2) is 10.1. The van der Waals surface area contributed by atoms with E-state index < -0.39 is 11.9 Å². The summed E-state index contributed by atoms with van der Waals surface area (Å²) in [5, 5.41) is 10.9. The van der Waals surface area contributed by atoms with Crippen LogP contribution in [0.5, 0.6) is 5.75 Å². The number of amides is 1. The highest BCUT2D eigenvalue weighted by molar-refractivity contribution is 5.99. The number of hydrogen-bond donors (Lipinski definition) is 3. The number of H-pyrrole nitrogens is 1. The maximum atomic E-state index is 12.0. The van der Waals surface area contributed by atoms with Gasteiger partial charge in [-0.05, 0) is 71.1 Å². The molecule has 0 atom stereocenters. The van der Waals surface area contributed by atoms with Gasteiger partial charge in [0.1, 0.15) is 12.4 Å². The predicted octanol–water partition coefficient (Wildman–Crippen LogP) is 5.61. The largest absolute Gasteiger partial charge is 0.489 e. The van der Waals surface area contributed by atoms with Gasteiger partial charge in [0.25, 0.3) is 0 Å². The first-order valence-corrected chi connectivity index (χ1v) is 11.6. The van der Waals surface area contributed by atoms with Crippen molar-refractivity contribution < 1.29 is 19.4 Å². The lowest BCUT2D eigenvalue weighted by atomic mass is 9.93. The zero-order valence-electron chi connectivity index (χ0n) is 19.7. The zero-order valence-corrected chi connectivity index (χ0v) is 19.7. The van der Waals surface area contributed by atoms with Crippen LogP contribution in [0, 0.1) is 11.8 Å². The van der Waals surface area contributed by atoms with Gasteiger partial charge in [-0.2, -0.15) is 0 Å². The van der Waals surface area contributed by atoms with Crippen LogP contribution in [-0.2, 0) is 6.61 Å². The SMILES string of the molecule is NC(=O)c1cccc(OCc2ccc(C#Cc3cccc(C(=O)O)c3-c3ccc4cc[nH]c4c3)cc2)c1. The molecule has 180 valence electrons. The Kier molecular flexibility index (Phi) is 6.43. The van der Waals surface area contributed by atoms with E-state index >= 15 is 0 Å².